The van der Waals surface area contributed by atoms with Crippen molar-refractivity contribution in [2.45, 2.75) is 13.0 Å². The van der Waals surface area contributed by atoms with Gasteiger partial charge in [-0.05, 0) is 30.7 Å². The molecule has 65 valence electrons. The SMILES string of the molecule is Cc1cc(C([O])(F)F)ccc1Br. The van der Waals surface area contributed by atoms with Crippen LogP contribution >= 0.6 is 15.9 Å². The summed E-state index contributed by atoms with van der Waals surface area (Å²) < 4.78 is 25.1. The van der Waals surface area contributed by atoms with Gasteiger partial charge in [0.1, 0.15) is 0 Å². The third kappa shape index (κ3) is 2.01. The highest BCUT2D eigenvalue weighted by Gasteiger charge is 2.29. The van der Waals surface area contributed by atoms with Gasteiger partial charge in [0.25, 0.3) is 0 Å². The van der Waals surface area contributed by atoms with Crippen LogP contribution in [0.5, 0.6) is 0 Å². The maximum absolute atomic E-state index is 12.2. The Labute approximate surface area is 77.2 Å². The Kier molecular flexibility index (Phi) is 2.49. The normalized spacial score (nSPS) is 11.8. The summed E-state index contributed by atoms with van der Waals surface area (Å²) >= 11 is 3.15. The van der Waals surface area contributed by atoms with E-state index in [0.717, 1.165) is 10.5 Å². The highest BCUT2D eigenvalue weighted by molar-refractivity contribution is 9.10. The van der Waals surface area contributed by atoms with E-state index in [1.54, 1.807) is 6.92 Å². The molecular formula is C8H6BrF2O. The lowest BCUT2D eigenvalue weighted by Gasteiger charge is -2.07. The first kappa shape index (κ1) is 9.61. The molecule has 0 saturated heterocycles. The molecule has 4 heteroatoms. The topological polar surface area (TPSA) is 19.9 Å². The summed E-state index contributed by atoms with van der Waals surface area (Å²) in [6.45, 7) is 1.65. The van der Waals surface area contributed by atoms with Crippen LogP contribution in [-0.4, -0.2) is 0 Å². The first-order chi connectivity index (χ1) is 5.41. The van der Waals surface area contributed by atoms with E-state index < -0.39 is 11.7 Å². The zero-order valence-corrected chi connectivity index (χ0v) is 7.86. The number of alkyl halides is 2. The quantitative estimate of drug-likeness (QED) is 0.713. The second-order valence-corrected chi connectivity index (χ2v) is 3.34. The first-order valence-electron chi connectivity index (χ1n) is 3.26. The van der Waals surface area contributed by atoms with Crippen LogP contribution < -0.4 is 0 Å². The fraction of sp³-hybridized carbons (Fsp3) is 0.250. The maximum Gasteiger partial charge on any atom is 0.408 e. The van der Waals surface area contributed by atoms with Crippen molar-refractivity contribution in [3.05, 3.63) is 33.8 Å². The van der Waals surface area contributed by atoms with Crippen molar-refractivity contribution in [2.24, 2.45) is 0 Å². The average Bonchev–Trinajstić information content (AvgIpc) is 1.92. The Morgan fingerprint density at radius 2 is 2.00 bits per heavy atom. The molecule has 1 radical (unpaired) electrons. The van der Waals surface area contributed by atoms with Crippen LogP contribution in [0.4, 0.5) is 8.78 Å². The monoisotopic (exact) mass is 235 g/mol. The van der Waals surface area contributed by atoms with Crippen LogP contribution in [0.3, 0.4) is 0 Å². The van der Waals surface area contributed by atoms with E-state index in [4.69, 9.17) is 0 Å². The summed E-state index contributed by atoms with van der Waals surface area (Å²) in [4.78, 5) is 0. The molecular weight excluding hydrogens is 230 g/mol. The van der Waals surface area contributed by atoms with Gasteiger partial charge in [0, 0.05) is 4.47 Å². The molecule has 1 nitrogen and oxygen atoms in total. The molecule has 0 bridgehead atoms. The molecule has 0 N–H and O–H groups in total. The smallest absolute Gasteiger partial charge is 0.168 e. The van der Waals surface area contributed by atoms with Crippen LogP contribution in [0.1, 0.15) is 11.1 Å². The number of rotatable bonds is 1. The molecule has 0 atom stereocenters. The highest BCUT2D eigenvalue weighted by Crippen LogP contribution is 2.28. The lowest BCUT2D eigenvalue weighted by molar-refractivity contribution is -0.252. The van der Waals surface area contributed by atoms with Gasteiger partial charge in [-0.2, -0.15) is 13.9 Å². The summed E-state index contributed by atoms with van der Waals surface area (Å²) in [6, 6.07) is 3.73. The van der Waals surface area contributed by atoms with E-state index in [1.165, 1.54) is 12.1 Å². The van der Waals surface area contributed by atoms with Crippen LogP contribution in [0.15, 0.2) is 22.7 Å². The van der Waals surface area contributed by atoms with Crippen molar-refractivity contribution in [2.75, 3.05) is 0 Å². The van der Waals surface area contributed by atoms with Crippen molar-refractivity contribution in [1.29, 1.82) is 0 Å². The van der Waals surface area contributed by atoms with Gasteiger partial charge in [-0.3, -0.25) is 0 Å². The van der Waals surface area contributed by atoms with Crippen molar-refractivity contribution in [1.82, 2.24) is 0 Å². The minimum Gasteiger partial charge on any atom is -0.168 e. The fourth-order valence-corrected chi connectivity index (χ4v) is 1.07. The van der Waals surface area contributed by atoms with Gasteiger partial charge in [0.2, 0.25) is 0 Å². The molecule has 0 amide bonds. The minimum atomic E-state index is -3.99. The van der Waals surface area contributed by atoms with Gasteiger partial charge in [-0.1, -0.05) is 15.9 Å². The number of halogens is 3. The van der Waals surface area contributed by atoms with Gasteiger partial charge in [0.15, 0.2) is 0 Å². The van der Waals surface area contributed by atoms with Gasteiger partial charge in [-0.25, -0.2) is 0 Å². The predicted octanol–water partition coefficient (Wildman–Crippen LogP) is 3.24. The lowest BCUT2D eigenvalue weighted by Crippen LogP contribution is -2.09. The Balaban J connectivity index is 3.14. The number of aryl methyl sites for hydroxylation is 1. The number of hydrogen-bond donors (Lipinski definition) is 0. The van der Waals surface area contributed by atoms with Crippen LogP contribution in [0.2, 0.25) is 0 Å². The summed E-state index contributed by atoms with van der Waals surface area (Å²) in [5, 5.41) is 10.2. The van der Waals surface area contributed by atoms with E-state index in [-0.39, 0.29) is 0 Å². The molecule has 0 heterocycles. The van der Waals surface area contributed by atoms with E-state index in [9.17, 15) is 13.9 Å². The van der Waals surface area contributed by atoms with Crippen LogP contribution in [-0.2, 0) is 11.2 Å². The Hall–Kier alpha value is -0.480. The Morgan fingerprint density at radius 1 is 1.42 bits per heavy atom. The summed E-state index contributed by atoms with van der Waals surface area (Å²) in [7, 11) is 0. The zero-order valence-electron chi connectivity index (χ0n) is 6.27. The van der Waals surface area contributed by atoms with Crippen molar-refractivity contribution < 1.29 is 13.9 Å². The second-order valence-electron chi connectivity index (χ2n) is 2.48. The second kappa shape index (κ2) is 3.11. The molecule has 1 rings (SSSR count). The molecule has 0 spiro atoms. The lowest BCUT2D eigenvalue weighted by atomic mass is 10.1. The molecule has 1 aromatic carbocycles. The Bertz CT molecular complexity index is 294. The first-order valence-corrected chi connectivity index (χ1v) is 4.05. The third-order valence-corrected chi connectivity index (χ3v) is 2.38. The zero-order chi connectivity index (χ0) is 9.35. The van der Waals surface area contributed by atoms with Gasteiger partial charge in [-0.15, -0.1) is 0 Å². The van der Waals surface area contributed by atoms with E-state index in [1.807, 2.05) is 0 Å². The summed E-state index contributed by atoms with van der Waals surface area (Å²) in [6.07, 6.45) is -3.99. The van der Waals surface area contributed by atoms with Crippen molar-refractivity contribution in [3.8, 4) is 0 Å². The Morgan fingerprint density at radius 3 is 2.42 bits per heavy atom. The van der Waals surface area contributed by atoms with Crippen LogP contribution in [0.25, 0.3) is 0 Å². The van der Waals surface area contributed by atoms with E-state index in [2.05, 4.69) is 15.9 Å². The summed E-state index contributed by atoms with van der Waals surface area (Å²) in [5.41, 5.74) is 0.131. The molecule has 0 aliphatic rings. The average molecular weight is 236 g/mol. The highest BCUT2D eigenvalue weighted by atomic mass is 79.9. The molecule has 0 aliphatic heterocycles. The molecule has 0 aromatic heterocycles. The van der Waals surface area contributed by atoms with Gasteiger partial charge in [0.05, 0.1) is 5.56 Å². The van der Waals surface area contributed by atoms with E-state index >= 15 is 0 Å². The summed E-state index contributed by atoms with van der Waals surface area (Å²) in [5.74, 6) is 0. The van der Waals surface area contributed by atoms with E-state index in [0.29, 0.717) is 5.56 Å². The molecule has 12 heavy (non-hydrogen) atoms. The molecule has 0 unspecified atom stereocenters. The van der Waals surface area contributed by atoms with Crippen molar-refractivity contribution >= 4 is 15.9 Å². The fourth-order valence-electron chi connectivity index (χ4n) is 0.826. The molecule has 0 fully saturated rings. The molecule has 0 aliphatic carbocycles. The minimum absolute atomic E-state index is 0.497. The maximum atomic E-state index is 12.2. The molecule has 0 saturated carbocycles. The standard InChI is InChI=1S/C8H6BrF2O/c1-5-4-6(8(10,11)12)2-3-7(5)9/h2-4H,1H3. The van der Waals surface area contributed by atoms with Crippen LogP contribution in [0, 0.1) is 6.92 Å². The van der Waals surface area contributed by atoms with Gasteiger partial charge < -0.3 is 0 Å². The third-order valence-electron chi connectivity index (χ3n) is 1.49. The largest absolute Gasteiger partial charge is 0.408 e. The van der Waals surface area contributed by atoms with Gasteiger partial charge >= 0.3 is 6.11 Å². The predicted molar refractivity (Wildman–Crippen MR) is 43.5 cm³/mol. The van der Waals surface area contributed by atoms with Crippen molar-refractivity contribution in [3.63, 3.8) is 0 Å². The number of hydrogen-bond acceptors (Lipinski definition) is 0. The number of benzene rings is 1. The molecule has 1 aromatic rings.